The van der Waals surface area contributed by atoms with E-state index in [1.807, 2.05) is 85.8 Å². The third kappa shape index (κ3) is 10.0. The molecule has 2 atom stereocenters. The monoisotopic (exact) mass is 734 g/mol. The normalized spacial score (nSPS) is 12.2. The molecule has 0 aliphatic rings. The number of esters is 2. The summed E-state index contributed by atoms with van der Waals surface area (Å²) in [4.78, 5) is 53.0. The Morgan fingerprint density at radius 2 is 1.29 bits per heavy atom. The van der Waals surface area contributed by atoms with Gasteiger partial charge in [0, 0.05) is 23.2 Å². The number of hydrogen-bond donors (Lipinski definition) is 2. The Bertz CT molecular complexity index is 2320. The number of fused-ring (bicyclic) bond motifs is 2. The van der Waals surface area contributed by atoms with Crippen LogP contribution in [0.1, 0.15) is 71.3 Å². The zero-order valence-corrected chi connectivity index (χ0v) is 31.3. The number of rotatable bonds is 16. The standard InChI is InChI=1S/C47H46N2O6/c1-3-12-41(47(53)55-40(29-44(48)50)26-33-20-22-36-23-31(4-2)19-21-37(36)25-33)46(52)54-30-38-17-10-11-18-43(38)49-45(51)42-28-35-16-9-8-15-34(35)27-39(42)24-32-13-6-5-7-14-32/h5-11,13-23,25,27-28,40-41H,3-4,12,24,26,29-30H2,1-2H3,(H2,48,50)(H,49,51)/t40-,41-/m0/s1. The number of aryl methyl sites for hydroxylation is 1. The summed E-state index contributed by atoms with van der Waals surface area (Å²) in [7, 11) is 0. The Hall–Kier alpha value is -6.28. The third-order valence-corrected chi connectivity index (χ3v) is 9.79. The van der Waals surface area contributed by atoms with Gasteiger partial charge in [0.2, 0.25) is 5.91 Å². The number of benzene rings is 6. The highest BCUT2D eigenvalue weighted by Crippen LogP contribution is 2.26. The van der Waals surface area contributed by atoms with Gasteiger partial charge in [-0.3, -0.25) is 19.2 Å². The Kier molecular flexibility index (Phi) is 12.7. The van der Waals surface area contributed by atoms with Gasteiger partial charge in [0.15, 0.2) is 5.92 Å². The summed E-state index contributed by atoms with van der Waals surface area (Å²) in [5, 5.41) is 7.15. The van der Waals surface area contributed by atoms with Crippen molar-refractivity contribution in [2.75, 3.05) is 5.32 Å². The van der Waals surface area contributed by atoms with Crippen molar-refractivity contribution in [3.05, 3.63) is 161 Å². The number of nitrogens with one attached hydrogen (secondary N) is 1. The first-order valence-corrected chi connectivity index (χ1v) is 18.8. The summed E-state index contributed by atoms with van der Waals surface area (Å²) >= 11 is 0. The number of amides is 2. The summed E-state index contributed by atoms with van der Waals surface area (Å²) in [6.07, 6.45) is 1.42. The van der Waals surface area contributed by atoms with E-state index < -0.39 is 29.9 Å². The van der Waals surface area contributed by atoms with Crippen molar-refractivity contribution >= 4 is 51.0 Å². The van der Waals surface area contributed by atoms with Crippen molar-refractivity contribution in [3.8, 4) is 0 Å². The van der Waals surface area contributed by atoms with E-state index in [0.717, 1.165) is 44.7 Å². The summed E-state index contributed by atoms with van der Waals surface area (Å²) in [6, 6.07) is 41.2. The number of para-hydroxylation sites is 1. The maximum atomic E-state index is 13.9. The summed E-state index contributed by atoms with van der Waals surface area (Å²) < 4.78 is 11.5. The van der Waals surface area contributed by atoms with E-state index in [1.54, 1.807) is 24.3 Å². The van der Waals surface area contributed by atoms with Crippen LogP contribution in [0.5, 0.6) is 0 Å². The van der Waals surface area contributed by atoms with E-state index in [1.165, 1.54) is 5.56 Å². The number of nitrogens with two attached hydrogens (primary N) is 1. The molecule has 0 spiro atoms. The second-order valence-corrected chi connectivity index (χ2v) is 13.9. The molecule has 8 heteroatoms. The van der Waals surface area contributed by atoms with Crippen LogP contribution in [-0.2, 0) is 49.7 Å². The van der Waals surface area contributed by atoms with Gasteiger partial charge in [-0.05, 0) is 75.2 Å². The Morgan fingerprint density at radius 1 is 0.655 bits per heavy atom. The minimum Gasteiger partial charge on any atom is -0.461 e. The number of anilines is 1. The third-order valence-electron chi connectivity index (χ3n) is 9.79. The topological polar surface area (TPSA) is 125 Å². The summed E-state index contributed by atoms with van der Waals surface area (Å²) in [5.74, 6) is -3.63. The second kappa shape index (κ2) is 18.2. The van der Waals surface area contributed by atoms with Crippen LogP contribution >= 0.6 is 0 Å². The minimum atomic E-state index is -1.20. The Balaban J connectivity index is 1.14. The molecule has 0 heterocycles. The van der Waals surface area contributed by atoms with E-state index in [9.17, 15) is 19.2 Å². The molecule has 0 radical (unpaired) electrons. The SMILES string of the molecule is CCC[C@@H](C(=O)OCc1ccccc1NC(=O)c1cc2ccccc2cc1Cc1ccccc1)C(=O)O[C@H](CC(N)=O)Cc1ccc2cc(CC)ccc2c1. The fraction of sp³-hybridized carbons (Fsp3) is 0.234. The molecule has 6 rings (SSSR count). The summed E-state index contributed by atoms with van der Waals surface area (Å²) in [5.41, 5.74) is 11.2. The van der Waals surface area contributed by atoms with Crippen LogP contribution in [0.3, 0.4) is 0 Å². The lowest BCUT2D eigenvalue weighted by Crippen LogP contribution is -2.34. The van der Waals surface area contributed by atoms with E-state index in [4.69, 9.17) is 15.2 Å². The molecule has 8 nitrogen and oxygen atoms in total. The molecular formula is C47H46N2O6. The zero-order valence-electron chi connectivity index (χ0n) is 31.3. The molecule has 0 saturated carbocycles. The van der Waals surface area contributed by atoms with E-state index >= 15 is 0 Å². The molecule has 280 valence electrons. The van der Waals surface area contributed by atoms with Gasteiger partial charge in [-0.2, -0.15) is 0 Å². The van der Waals surface area contributed by atoms with E-state index in [0.29, 0.717) is 29.7 Å². The molecule has 0 fully saturated rings. The van der Waals surface area contributed by atoms with E-state index in [-0.39, 0.29) is 31.8 Å². The van der Waals surface area contributed by atoms with Crippen LogP contribution in [0.25, 0.3) is 21.5 Å². The van der Waals surface area contributed by atoms with E-state index in [2.05, 4.69) is 36.5 Å². The highest BCUT2D eigenvalue weighted by Gasteiger charge is 2.32. The van der Waals surface area contributed by atoms with Gasteiger partial charge in [0.1, 0.15) is 12.7 Å². The smallest absolute Gasteiger partial charge is 0.320 e. The second-order valence-electron chi connectivity index (χ2n) is 13.9. The average molecular weight is 735 g/mol. The molecule has 0 bridgehead atoms. The van der Waals surface area contributed by atoms with Gasteiger partial charge < -0.3 is 20.5 Å². The van der Waals surface area contributed by atoms with Crippen LogP contribution in [0.4, 0.5) is 5.69 Å². The van der Waals surface area contributed by atoms with Gasteiger partial charge in [-0.25, -0.2) is 0 Å². The van der Waals surface area contributed by atoms with Gasteiger partial charge >= 0.3 is 11.9 Å². The maximum Gasteiger partial charge on any atom is 0.320 e. The predicted molar refractivity (Wildman–Crippen MR) is 217 cm³/mol. The van der Waals surface area contributed by atoms with Crippen LogP contribution in [-0.4, -0.2) is 29.9 Å². The first-order chi connectivity index (χ1) is 26.7. The molecule has 0 aliphatic heterocycles. The van der Waals surface area contributed by atoms with Crippen molar-refractivity contribution in [2.45, 2.75) is 65.1 Å². The van der Waals surface area contributed by atoms with Crippen molar-refractivity contribution < 1.29 is 28.7 Å². The van der Waals surface area contributed by atoms with Gasteiger partial charge in [0.25, 0.3) is 5.91 Å². The number of hydrogen-bond acceptors (Lipinski definition) is 6. The van der Waals surface area contributed by atoms with Crippen molar-refractivity contribution in [1.82, 2.24) is 0 Å². The molecule has 0 aromatic heterocycles. The molecule has 0 unspecified atom stereocenters. The highest BCUT2D eigenvalue weighted by molar-refractivity contribution is 6.08. The average Bonchev–Trinajstić information content (AvgIpc) is 3.19. The first-order valence-electron chi connectivity index (χ1n) is 18.8. The maximum absolute atomic E-state index is 13.9. The Labute approximate surface area is 321 Å². The van der Waals surface area contributed by atoms with Crippen molar-refractivity contribution in [3.63, 3.8) is 0 Å². The number of ether oxygens (including phenoxy) is 2. The molecule has 55 heavy (non-hydrogen) atoms. The van der Waals surface area contributed by atoms with Gasteiger partial charge in [-0.1, -0.05) is 136 Å². The largest absolute Gasteiger partial charge is 0.461 e. The number of carbonyl (C=O) groups is 4. The molecule has 3 N–H and O–H groups in total. The molecule has 6 aromatic carbocycles. The van der Waals surface area contributed by atoms with Crippen LogP contribution in [0, 0.1) is 5.92 Å². The Morgan fingerprint density at radius 3 is 2.00 bits per heavy atom. The fourth-order valence-corrected chi connectivity index (χ4v) is 6.87. The lowest BCUT2D eigenvalue weighted by molar-refractivity contribution is -0.166. The molecule has 2 amide bonds. The molecule has 0 saturated heterocycles. The van der Waals surface area contributed by atoms with Crippen molar-refractivity contribution in [1.29, 1.82) is 0 Å². The predicted octanol–water partition coefficient (Wildman–Crippen LogP) is 8.89. The lowest BCUT2D eigenvalue weighted by Gasteiger charge is -2.21. The quantitative estimate of drug-likeness (QED) is 0.0756. The van der Waals surface area contributed by atoms with Crippen molar-refractivity contribution in [2.24, 2.45) is 11.7 Å². The fourth-order valence-electron chi connectivity index (χ4n) is 6.87. The minimum absolute atomic E-state index is 0.182. The van der Waals surface area contributed by atoms with Crippen LogP contribution < -0.4 is 11.1 Å². The zero-order chi connectivity index (χ0) is 38.7. The number of primary amides is 1. The lowest BCUT2D eigenvalue weighted by atomic mass is 9.95. The number of carbonyl (C=O) groups excluding carboxylic acids is 4. The van der Waals surface area contributed by atoms with Gasteiger partial charge in [-0.15, -0.1) is 0 Å². The van der Waals surface area contributed by atoms with Gasteiger partial charge in [0.05, 0.1) is 6.42 Å². The molecule has 6 aromatic rings. The molecule has 0 aliphatic carbocycles. The molecular weight excluding hydrogens is 689 g/mol. The summed E-state index contributed by atoms with van der Waals surface area (Å²) in [6.45, 7) is 3.78. The highest BCUT2D eigenvalue weighted by atomic mass is 16.6. The van der Waals surface area contributed by atoms with Crippen LogP contribution in [0.15, 0.2) is 127 Å². The first kappa shape index (κ1) is 38.4. The van der Waals surface area contributed by atoms with Crippen LogP contribution in [0.2, 0.25) is 0 Å².